The Bertz CT molecular complexity index is 1030. The highest BCUT2D eigenvalue weighted by molar-refractivity contribution is 6.69. The molecule has 3 rings (SSSR count). The summed E-state index contributed by atoms with van der Waals surface area (Å²) in [4.78, 5) is 3.70. The van der Waals surface area contributed by atoms with E-state index >= 15 is 0 Å². The Morgan fingerprint density at radius 1 is 1.15 bits per heavy atom. The fourth-order valence-corrected chi connectivity index (χ4v) is 3.09. The van der Waals surface area contributed by atoms with Crippen LogP contribution < -0.4 is 4.74 Å². The number of allylic oxidation sites excluding steroid dienone is 1. The monoisotopic (exact) mass is 384 g/mol. The van der Waals surface area contributed by atoms with E-state index in [1.807, 2.05) is 36.4 Å². The number of fused-ring (bicyclic) bond motifs is 1. The van der Waals surface area contributed by atoms with Crippen LogP contribution in [0.1, 0.15) is 16.7 Å². The van der Waals surface area contributed by atoms with E-state index in [9.17, 15) is 4.39 Å². The number of halogens is 2. The number of aromatic nitrogens is 1. The van der Waals surface area contributed by atoms with E-state index in [2.05, 4.69) is 4.98 Å². The zero-order valence-electron chi connectivity index (χ0n) is 14.9. The molecule has 2 aromatic carbocycles. The summed E-state index contributed by atoms with van der Waals surface area (Å²) >= 11 is 5.89. The van der Waals surface area contributed by atoms with Gasteiger partial charge in [0.15, 0.2) is 0 Å². The molecule has 0 radical (unpaired) electrons. The number of rotatable bonds is 6. The molecule has 27 heavy (non-hydrogen) atoms. The highest BCUT2D eigenvalue weighted by Gasteiger charge is 2.11. The van der Waals surface area contributed by atoms with E-state index in [-0.39, 0.29) is 5.17 Å². The Labute approximate surface area is 161 Å². The van der Waals surface area contributed by atoms with Crippen molar-refractivity contribution in [3.05, 3.63) is 77.4 Å². The Morgan fingerprint density at radius 3 is 2.56 bits per heavy atom. The molecule has 0 atom stereocenters. The first kappa shape index (κ1) is 18.9. The molecule has 1 heterocycles. The van der Waals surface area contributed by atoms with Crippen LogP contribution in [0.4, 0.5) is 4.39 Å². The average molecular weight is 385 g/mol. The molecule has 0 aliphatic rings. The summed E-state index contributed by atoms with van der Waals surface area (Å²) < 4.78 is 24.7. The predicted octanol–water partition coefficient (Wildman–Crippen LogP) is 5.18. The Morgan fingerprint density at radius 2 is 1.89 bits per heavy atom. The Kier molecular flexibility index (Phi) is 5.72. The third kappa shape index (κ3) is 3.93. The second-order valence-corrected chi connectivity index (χ2v) is 6.21. The van der Waals surface area contributed by atoms with Crippen molar-refractivity contribution in [1.82, 2.24) is 4.98 Å². The Hall–Kier alpha value is -2.92. The van der Waals surface area contributed by atoms with Gasteiger partial charge in [0.25, 0.3) is 0 Å². The van der Waals surface area contributed by atoms with Crippen molar-refractivity contribution in [2.45, 2.75) is 6.42 Å². The molecule has 0 saturated carbocycles. The molecule has 1 aromatic heterocycles. The fraction of sp³-hybridized carbons (Fsp3) is 0.143. The van der Waals surface area contributed by atoms with Gasteiger partial charge in [-0.1, -0.05) is 41.9 Å². The summed E-state index contributed by atoms with van der Waals surface area (Å²) in [6.07, 6.45) is 3.83. The van der Waals surface area contributed by atoms with Crippen LogP contribution in [0.25, 0.3) is 16.5 Å². The zero-order valence-corrected chi connectivity index (χ0v) is 15.7. The van der Waals surface area contributed by atoms with Crippen LogP contribution in [0.5, 0.6) is 5.75 Å². The van der Waals surface area contributed by atoms with Crippen LogP contribution in [0.3, 0.4) is 0 Å². The standard InChI is InChI=1S/C21H18ClFN2O2/c1-26-18(14-5-3-4-6-15(14)20(22)24)10-8-13-7-9-16-17(11-13)19(27-2)12-25-21(16)23/h3-7,9-12,24H,8H2,1-2H3/b18-10+,24-20?. The lowest BCUT2D eigenvalue weighted by atomic mass is 10.0. The maximum atomic E-state index is 13.9. The van der Waals surface area contributed by atoms with Gasteiger partial charge < -0.3 is 9.47 Å². The first-order chi connectivity index (χ1) is 13.0. The number of hydrogen-bond donors (Lipinski definition) is 1. The third-order valence-electron chi connectivity index (χ3n) is 4.26. The minimum absolute atomic E-state index is 0.0491. The van der Waals surface area contributed by atoms with Crippen molar-refractivity contribution in [3.63, 3.8) is 0 Å². The molecule has 0 saturated heterocycles. The number of methoxy groups -OCH3 is 2. The molecule has 138 valence electrons. The van der Waals surface area contributed by atoms with E-state index in [0.717, 1.165) is 11.1 Å². The van der Waals surface area contributed by atoms with Gasteiger partial charge in [-0.05, 0) is 30.2 Å². The summed E-state index contributed by atoms with van der Waals surface area (Å²) in [5, 5.41) is 8.75. The van der Waals surface area contributed by atoms with Crippen molar-refractivity contribution in [1.29, 1.82) is 5.41 Å². The molecule has 6 heteroatoms. The highest BCUT2D eigenvalue weighted by Crippen LogP contribution is 2.28. The van der Waals surface area contributed by atoms with Gasteiger partial charge in [-0.15, -0.1) is 0 Å². The second kappa shape index (κ2) is 8.18. The number of nitrogens with zero attached hydrogens (tertiary/aromatic N) is 1. The van der Waals surface area contributed by atoms with Crippen LogP contribution in [-0.2, 0) is 11.2 Å². The largest absolute Gasteiger partial charge is 0.496 e. The van der Waals surface area contributed by atoms with Crippen molar-refractivity contribution < 1.29 is 13.9 Å². The van der Waals surface area contributed by atoms with Gasteiger partial charge in [-0.3, -0.25) is 5.41 Å². The minimum atomic E-state index is -0.528. The van der Waals surface area contributed by atoms with E-state index in [0.29, 0.717) is 34.3 Å². The number of ether oxygens (including phenoxy) is 2. The first-order valence-corrected chi connectivity index (χ1v) is 8.62. The molecular weight excluding hydrogens is 367 g/mol. The topological polar surface area (TPSA) is 55.2 Å². The van der Waals surface area contributed by atoms with Crippen molar-refractivity contribution in [2.75, 3.05) is 14.2 Å². The summed E-state index contributed by atoms with van der Waals surface area (Å²) in [5.41, 5.74) is 2.30. The normalized spacial score (nSPS) is 11.5. The van der Waals surface area contributed by atoms with Gasteiger partial charge in [-0.25, -0.2) is 4.98 Å². The van der Waals surface area contributed by atoms with Gasteiger partial charge in [0.2, 0.25) is 5.95 Å². The van der Waals surface area contributed by atoms with Crippen molar-refractivity contribution in [3.8, 4) is 5.75 Å². The SMILES string of the molecule is CO/C(=C/Cc1ccc2c(F)ncc(OC)c2c1)c1ccccc1C(=N)Cl. The molecule has 0 amide bonds. The van der Waals surface area contributed by atoms with Crippen LogP contribution in [0, 0.1) is 11.4 Å². The highest BCUT2D eigenvalue weighted by atomic mass is 35.5. The Balaban J connectivity index is 1.98. The molecule has 0 spiro atoms. The van der Waals surface area contributed by atoms with Crippen LogP contribution in [-0.4, -0.2) is 24.4 Å². The van der Waals surface area contributed by atoms with Crippen molar-refractivity contribution >= 4 is 33.3 Å². The molecule has 0 fully saturated rings. The number of benzene rings is 2. The lowest BCUT2D eigenvalue weighted by molar-refractivity contribution is 0.369. The summed E-state index contributed by atoms with van der Waals surface area (Å²) in [7, 11) is 3.10. The third-order valence-corrected chi connectivity index (χ3v) is 4.46. The molecule has 0 aliphatic heterocycles. The number of hydrogen-bond acceptors (Lipinski definition) is 4. The molecule has 0 unspecified atom stereocenters. The van der Waals surface area contributed by atoms with Gasteiger partial charge in [0, 0.05) is 21.9 Å². The summed E-state index contributed by atoms with van der Waals surface area (Å²) in [6.45, 7) is 0. The van der Waals surface area contributed by atoms with Crippen LogP contribution in [0.2, 0.25) is 0 Å². The molecular formula is C21H18ClFN2O2. The van der Waals surface area contributed by atoms with E-state index in [1.54, 1.807) is 19.2 Å². The quantitative estimate of drug-likeness (QED) is 0.362. The van der Waals surface area contributed by atoms with Crippen LogP contribution in [0.15, 0.2) is 54.7 Å². The molecule has 1 N–H and O–H groups in total. The summed E-state index contributed by atoms with van der Waals surface area (Å²) in [6, 6.07) is 12.7. The van der Waals surface area contributed by atoms with Gasteiger partial charge >= 0.3 is 0 Å². The number of nitrogens with one attached hydrogen (secondary N) is 1. The van der Waals surface area contributed by atoms with Gasteiger partial charge in [-0.2, -0.15) is 4.39 Å². The maximum absolute atomic E-state index is 13.9. The van der Waals surface area contributed by atoms with E-state index in [4.69, 9.17) is 26.5 Å². The fourth-order valence-electron chi connectivity index (χ4n) is 2.92. The minimum Gasteiger partial charge on any atom is -0.496 e. The molecule has 3 aromatic rings. The zero-order chi connectivity index (χ0) is 19.4. The molecule has 4 nitrogen and oxygen atoms in total. The van der Waals surface area contributed by atoms with Crippen LogP contribution >= 0.6 is 11.6 Å². The lowest BCUT2D eigenvalue weighted by Crippen LogP contribution is -1.99. The van der Waals surface area contributed by atoms with E-state index in [1.165, 1.54) is 13.3 Å². The maximum Gasteiger partial charge on any atom is 0.220 e. The first-order valence-electron chi connectivity index (χ1n) is 8.24. The average Bonchev–Trinajstić information content (AvgIpc) is 2.69. The molecule has 0 aliphatic carbocycles. The summed E-state index contributed by atoms with van der Waals surface area (Å²) in [5.74, 6) is 0.606. The van der Waals surface area contributed by atoms with E-state index < -0.39 is 5.95 Å². The number of pyridine rings is 1. The van der Waals surface area contributed by atoms with Gasteiger partial charge in [0.1, 0.15) is 16.7 Å². The second-order valence-electron chi connectivity index (χ2n) is 5.83. The van der Waals surface area contributed by atoms with Crippen molar-refractivity contribution in [2.24, 2.45) is 0 Å². The molecule has 0 bridgehead atoms. The lowest BCUT2D eigenvalue weighted by Gasteiger charge is -2.11. The van der Waals surface area contributed by atoms with Gasteiger partial charge in [0.05, 0.1) is 20.4 Å². The smallest absolute Gasteiger partial charge is 0.220 e. The predicted molar refractivity (Wildman–Crippen MR) is 106 cm³/mol.